The molecule has 2 rings (SSSR count). The standard InChI is InChI=1S/C13H20N2O/c1-10-3-4-13(11(7-10)8-14-2)15-6-5-12(16)9-15/h3-4,7,12,14,16H,5-6,8-9H2,1-2H3. The molecule has 1 heterocycles. The first-order chi connectivity index (χ1) is 7.70. The van der Waals surface area contributed by atoms with Crippen molar-refractivity contribution in [2.45, 2.75) is 26.0 Å². The summed E-state index contributed by atoms with van der Waals surface area (Å²) in [7, 11) is 1.96. The average Bonchev–Trinajstić information content (AvgIpc) is 2.65. The normalized spacial score (nSPS) is 20.4. The molecule has 1 aromatic rings. The van der Waals surface area contributed by atoms with E-state index in [4.69, 9.17) is 0 Å². The van der Waals surface area contributed by atoms with E-state index in [-0.39, 0.29) is 6.10 Å². The van der Waals surface area contributed by atoms with Gasteiger partial charge in [0.25, 0.3) is 0 Å². The molecule has 1 fully saturated rings. The lowest BCUT2D eigenvalue weighted by Crippen LogP contribution is -2.23. The lowest BCUT2D eigenvalue weighted by molar-refractivity contribution is 0.198. The fourth-order valence-corrected chi connectivity index (χ4v) is 2.32. The van der Waals surface area contributed by atoms with Gasteiger partial charge >= 0.3 is 0 Å². The number of nitrogens with one attached hydrogen (secondary N) is 1. The molecule has 3 heteroatoms. The maximum Gasteiger partial charge on any atom is 0.0731 e. The van der Waals surface area contributed by atoms with Crippen LogP contribution in [0.2, 0.25) is 0 Å². The van der Waals surface area contributed by atoms with Crippen LogP contribution in [0.5, 0.6) is 0 Å². The molecule has 0 bridgehead atoms. The van der Waals surface area contributed by atoms with Crippen LogP contribution in [-0.4, -0.2) is 31.3 Å². The van der Waals surface area contributed by atoms with E-state index in [2.05, 4.69) is 35.3 Å². The SMILES string of the molecule is CNCc1cc(C)ccc1N1CCC(O)C1. The zero-order valence-electron chi connectivity index (χ0n) is 10.0. The third kappa shape index (κ3) is 2.36. The highest BCUT2D eigenvalue weighted by atomic mass is 16.3. The quantitative estimate of drug-likeness (QED) is 0.805. The van der Waals surface area contributed by atoms with E-state index in [0.717, 1.165) is 26.1 Å². The van der Waals surface area contributed by atoms with E-state index < -0.39 is 0 Å². The Hall–Kier alpha value is -1.06. The summed E-state index contributed by atoms with van der Waals surface area (Å²) >= 11 is 0. The van der Waals surface area contributed by atoms with Gasteiger partial charge in [-0.25, -0.2) is 0 Å². The lowest BCUT2D eigenvalue weighted by Gasteiger charge is -2.22. The first kappa shape index (κ1) is 11.4. The number of aliphatic hydroxyl groups excluding tert-OH is 1. The smallest absolute Gasteiger partial charge is 0.0731 e. The number of rotatable bonds is 3. The van der Waals surface area contributed by atoms with Gasteiger partial charge in [-0.05, 0) is 32.0 Å². The number of β-amino-alcohol motifs (C(OH)–C–C–N with tert-alkyl or cyclic N) is 1. The van der Waals surface area contributed by atoms with Gasteiger partial charge < -0.3 is 15.3 Å². The minimum atomic E-state index is -0.163. The Bertz CT molecular complexity index is 365. The lowest BCUT2D eigenvalue weighted by atomic mass is 10.1. The maximum atomic E-state index is 9.58. The number of hydrogen-bond acceptors (Lipinski definition) is 3. The summed E-state index contributed by atoms with van der Waals surface area (Å²) in [5, 5.41) is 12.8. The highest BCUT2D eigenvalue weighted by molar-refractivity contribution is 5.55. The van der Waals surface area contributed by atoms with Gasteiger partial charge in [0.2, 0.25) is 0 Å². The minimum Gasteiger partial charge on any atom is -0.391 e. The predicted molar refractivity (Wildman–Crippen MR) is 66.8 cm³/mol. The van der Waals surface area contributed by atoms with Gasteiger partial charge in [0.05, 0.1) is 6.10 Å². The molecule has 0 amide bonds. The summed E-state index contributed by atoms with van der Waals surface area (Å²) in [6.07, 6.45) is 0.719. The van der Waals surface area contributed by atoms with Crippen LogP contribution in [0.3, 0.4) is 0 Å². The largest absolute Gasteiger partial charge is 0.391 e. The van der Waals surface area contributed by atoms with Gasteiger partial charge in [0.1, 0.15) is 0 Å². The van der Waals surface area contributed by atoms with E-state index >= 15 is 0 Å². The van der Waals surface area contributed by atoms with Crippen molar-refractivity contribution in [3.05, 3.63) is 29.3 Å². The molecule has 88 valence electrons. The molecule has 0 spiro atoms. The molecule has 0 saturated carbocycles. The molecule has 0 aliphatic carbocycles. The molecular formula is C13H20N2O. The van der Waals surface area contributed by atoms with Crippen LogP contribution in [0.25, 0.3) is 0 Å². The first-order valence-electron chi connectivity index (χ1n) is 5.88. The van der Waals surface area contributed by atoms with Crippen molar-refractivity contribution >= 4 is 5.69 Å². The Morgan fingerprint density at radius 3 is 2.94 bits per heavy atom. The van der Waals surface area contributed by atoms with Crippen molar-refractivity contribution in [1.29, 1.82) is 0 Å². The summed E-state index contributed by atoms with van der Waals surface area (Å²) in [4.78, 5) is 2.27. The molecule has 1 saturated heterocycles. The Balaban J connectivity index is 2.25. The number of aliphatic hydroxyl groups is 1. The molecule has 1 aliphatic rings. The van der Waals surface area contributed by atoms with Crippen LogP contribution in [0, 0.1) is 6.92 Å². The zero-order chi connectivity index (χ0) is 11.5. The Morgan fingerprint density at radius 1 is 1.50 bits per heavy atom. The van der Waals surface area contributed by atoms with Crippen molar-refractivity contribution in [3.63, 3.8) is 0 Å². The summed E-state index contributed by atoms with van der Waals surface area (Å²) in [5.74, 6) is 0. The fourth-order valence-electron chi connectivity index (χ4n) is 2.32. The molecular weight excluding hydrogens is 200 g/mol. The summed E-state index contributed by atoms with van der Waals surface area (Å²) in [5.41, 5.74) is 3.86. The molecule has 1 unspecified atom stereocenters. The number of benzene rings is 1. The van der Waals surface area contributed by atoms with Gasteiger partial charge in [0, 0.05) is 25.3 Å². The molecule has 0 aromatic heterocycles. The highest BCUT2D eigenvalue weighted by Gasteiger charge is 2.21. The summed E-state index contributed by atoms with van der Waals surface area (Å²) < 4.78 is 0. The molecule has 2 N–H and O–H groups in total. The van der Waals surface area contributed by atoms with Gasteiger partial charge in [0.15, 0.2) is 0 Å². The number of anilines is 1. The topological polar surface area (TPSA) is 35.5 Å². The summed E-state index contributed by atoms with van der Waals surface area (Å²) in [6.45, 7) is 4.71. The van der Waals surface area contributed by atoms with Crippen molar-refractivity contribution in [2.24, 2.45) is 0 Å². The van der Waals surface area contributed by atoms with Crippen LogP contribution < -0.4 is 10.2 Å². The van der Waals surface area contributed by atoms with Crippen molar-refractivity contribution in [2.75, 3.05) is 25.0 Å². The van der Waals surface area contributed by atoms with E-state index in [9.17, 15) is 5.11 Å². The summed E-state index contributed by atoms with van der Waals surface area (Å²) in [6, 6.07) is 6.52. The average molecular weight is 220 g/mol. The monoisotopic (exact) mass is 220 g/mol. The number of aryl methyl sites for hydroxylation is 1. The van der Waals surface area contributed by atoms with Gasteiger partial charge in [-0.2, -0.15) is 0 Å². The fraction of sp³-hybridized carbons (Fsp3) is 0.538. The molecule has 1 aromatic carbocycles. The van der Waals surface area contributed by atoms with Crippen LogP contribution in [-0.2, 0) is 6.54 Å². The van der Waals surface area contributed by atoms with Gasteiger partial charge in [-0.3, -0.25) is 0 Å². The van der Waals surface area contributed by atoms with Crippen LogP contribution >= 0.6 is 0 Å². The zero-order valence-corrected chi connectivity index (χ0v) is 10.0. The Morgan fingerprint density at radius 2 is 2.31 bits per heavy atom. The Labute approximate surface area is 97.1 Å². The third-order valence-corrected chi connectivity index (χ3v) is 3.11. The second kappa shape index (κ2) is 4.85. The van der Waals surface area contributed by atoms with Crippen molar-refractivity contribution < 1.29 is 5.11 Å². The predicted octanol–water partition coefficient (Wildman–Crippen LogP) is 1.29. The van der Waals surface area contributed by atoms with E-state index in [1.54, 1.807) is 0 Å². The highest BCUT2D eigenvalue weighted by Crippen LogP contribution is 2.25. The van der Waals surface area contributed by atoms with Gasteiger partial charge in [-0.1, -0.05) is 17.7 Å². The number of hydrogen-bond donors (Lipinski definition) is 2. The third-order valence-electron chi connectivity index (χ3n) is 3.11. The first-order valence-corrected chi connectivity index (χ1v) is 5.88. The minimum absolute atomic E-state index is 0.163. The van der Waals surface area contributed by atoms with E-state index in [1.807, 2.05) is 7.05 Å². The van der Waals surface area contributed by atoms with Gasteiger partial charge in [-0.15, -0.1) is 0 Å². The van der Waals surface area contributed by atoms with Crippen LogP contribution in [0.1, 0.15) is 17.5 Å². The Kier molecular flexibility index (Phi) is 3.46. The molecule has 3 nitrogen and oxygen atoms in total. The second-order valence-electron chi connectivity index (χ2n) is 4.55. The second-order valence-corrected chi connectivity index (χ2v) is 4.55. The van der Waals surface area contributed by atoms with Crippen molar-refractivity contribution in [1.82, 2.24) is 5.32 Å². The van der Waals surface area contributed by atoms with Crippen LogP contribution in [0.4, 0.5) is 5.69 Å². The maximum absolute atomic E-state index is 9.58. The van der Waals surface area contributed by atoms with E-state index in [1.165, 1.54) is 16.8 Å². The molecule has 1 aliphatic heterocycles. The van der Waals surface area contributed by atoms with Crippen molar-refractivity contribution in [3.8, 4) is 0 Å². The molecule has 16 heavy (non-hydrogen) atoms. The number of nitrogens with zero attached hydrogens (tertiary/aromatic N) is 1. The van der Waals surface area contributed by atoms with Crippen LogP contribution in [0.15, 0.2) is 18.2 Å². The molecule has 0 radical (unpaired) electrons. The molecule has 1 atom stereocenters. The van der Waals surface area contributed by atoms with E-state index in [0.29, 0.717) is 0 Å².